The van der Waals surface area contributed by atoms with Crippen LogP contribution in [-0.4, -0.2) is 81.8 Å². The predicted octanol–water partition coefficient (Wildman–Crippen LogP) is -0.140. The van der Waals surface area contributed by atoms with Crippen LogP contribution in [0, 0.1) is 5.92 Å². The minimum Gasteiger partial charge on any atom is -0.490 e. The van der Waals surface area contributed by atoms with Gasteiger partial charge in [-0.2, -0.15) is 0 Å². The van der Waals surface area contributed by atoms with Gasteiger partial charge < -0.3 is 46.9 Å². The minimum absolute atomic E-state index is 0.118. The van der Waals surface area contributed by atoms with Crippen molar-refractivity contribution in [1.82, 2.24) is 16.0 Å². The van der Waals surface area contributed by atoms with Crippen molar-refractivity contribution in [1.29, 1.82) is 0 Å². The van der Waals surface area contributed by atoms with Gasteiger partial charge in [-0.3, -0.25) is 14.4 Å². The molecule has 0 bridgehead atoms. The molecule has 1 rings (SSSR count). The van der Waals surface area contributed by atoms with Gasteiger partial charge in [0.15, 0.2) is 0 Å². The fourth-order valence-corrected chi connectivity index (χ4v) is 3.43. The van der Waals surface area contributed by atoms with Crippen molar-refractivity contribution in [3.8, 4) is 5.75 Å². The van der Waals surface area contributed by atoms with Gasteiger partial charge in [0, 0.05) is 31.8 Å². The summed E-state index contributed by atoms with van der Waals surface area (Å²) in [4.78, 5) is 60.9. The van der Waals surface area contributed by atoms with Crippen LogP contribution in [-0.2, 0) is 23.9 Å². The van der Waals surface area contributed by atoms with Crippen LogP contribution in [0.25, 0.3) is 0 Å². The molecule has 2 atom stereocenters. The van der Waals surface area contributed by atoms with E-state index in [1.807, 2.05) is 0 Å². The zero-order valence-electron chi connectivity index (χ0n) is 22.8. The molecule has 1 aromatic carbocycles. The molecule has 14 nitrogen and oxygen atoms in total. The monoisotopic (exact) mass is 552 g/mol. The number of nitrogens with one attached hydrogen (secondary N) is 4. The Labute approximate surface area is 227 Å². The summed E-state index contributed by atoms with van der Waals surface area (Å²) in [5.41, 5.74) is 10.9. The molecule has 0 aliphatic rings. The number of primary amides is 1. The topological polar surface area (TPSA) is 213 Å². The van der Waals surface area contributed by atoms with Gasteiger partial charge in [0.2, 0.25) is 17.7 Å². The third-order valence-electron chi connectivity index (χ3n) is 5.31. The van der Waals surface area contributed by atoms with Crippen LogP contribution in [0.4, 0.5) is 10.5 Å². The first kappa shape index (κ1) is 33.1. The third kappa shape index (κ3) is 12.5. The van der Waals surface area contributed by atoms with E-state index in [0.29, 0.717) is 25.3 Å². The molecule has 8 N–H and O–H groups in total. The number of anilines is 1. The lowest BCUT2D eigenvalue weighted by Crippen LogP contribution is -2.54. The second-order valence-corrected chi connectivity index (χ2v) is 8.86. The summed E-state index contributed by atoms with van der Waals surface area (Å²) in [6, 6.07) is 1.79. The fourth-order valence-electron chi connectivity index (χ4n) is 3.43. The lowest BCUT2D eigenvalue weighted by Gasteiger charge is -2.25. The molecule has 218 valence electrons. The Morgan fingerprint density at radius 3 is 2.31 bits per heavy atom. The number of benzene rings is 1. The highest BCUT2D eigenvalue weighted by Gasteiger charge is 2.28. The molecule has 5 amide bonds. The van der Waals surface area contributed by atoms with E-state index in [9.17, 15) is 24.0 Å². The van der Waals surface area contributed by atoms with Crippen LogP contribution >= 0.6 is 0 Å². The number of carbonyl (C=O) groups excluding carboxylic acids is 5. The SMILES string of the molecule is COC(=O)c1ccc(NC(=O)[C@H](CCCNC(N)=O)NC(=O)C(NC(C)=O)C(C)C)cc1OCCOCCN. The minimum atomic E-state index is -1.02. The highest BCUT2D eigenvalue weighted by Crippen LogP contribution is 2.25. The maximum absolute atomic E-state index is 13.2. The number of hydrogen-bond acceptors (Lipinski definition) is 9. The number of nitrogens with two attached hydrogens (primary N) is 2. The van der Waals surface area contributed by atoms with Crippen molar-refractivity contribution in [3.63, 3.8) is 0 Å². The number of ether oxygens (including phenoxy) is 3. The van der Waals surface area contributed by atoms with Crippen LogP contribution in [0.2, 0.25) is 0 Å². The highest BCUT2D eigenvalue weighted by molar-refractivity contribution is 5.99. The first-order chi connectivity index (χ1) is 18.5. The van der Waals surface area contributed by atoms with Crippen LogP contribution in [0.15, 0.2) is 18.2 Å². The van der Waals surface area contributed by atoms with Crippen LogP contribution in [0.3, 0.4) is 0 Å². The average molecular weight is 553 g/mol. The van der Waals surface area contributed by atoms with Crippen molar-refractivity contribution in [3.05, 3.63) is 23.8 Å². The van der Waals surface area contributed by atoms with Crippen molar-refractivity contribution >= 4 is 35.4 Å². The number of rotatable bonds is 17. The van der Waals surface area contributed by atoms with Crippen LogP contribution < -0.4 is 37.5 Å². The summed E-state index contributed by atoms with van der Waals surface area (Å²) >= 11 is 0. The van der Waals surface area contributed by atoms with Gasteiger partial charge in [0.1, 0.15) is 30.0 Å². The lowest BCUT2D eigenvalue weighted by atomic mass is 10.0. The standard InChI is InChI=1S/C25H40N6O8/c1-15(2)21(29-16(3)32)23(34)31-19(6-5-10-28-25(27)36)22(33)30-17-7-8-18(24(35)37-4)20(14-17)39-13-12-38-11-9-26/h7-8,14-15,19,21H,5-6,9-13,26H2,1-4H3,(H,29,32)(H,30,33)(H,31,34)(H3,27,28,36)/t19-,21?/m0/s1. The van der Waals surface area contributed by atoms with Crippen molar-refractivity contribution in [2.75, 3.05) is 45.3 Å². The van der Waals surface area contributed by atoms with E-state index in [2.05, 4.69) is 21.3 Å². The zero-order valence-corrected chi connectivity index (χ0v) is 22.8. The van der Waals surface area contributed by atoms with Crippen molar-refractivity contribution in [2.24, 2.45) is 17.4 Å². The summed E-state index contributed by atoms with van der Waals surface area (Å²) in [5.74, 6) is -2.19. The molecule has 1 unspecified atom stereocenters. The second kappa shape index (κ2) is 17.6. The number of hydrogen-bond donors (Lipinski definition) is 6. The van der Waals surface area contributed by atoms with E-state index < -0.39 is 35.9 Å². The quantitative estimate of drug-likeness (QED) is 0.112. The van der Waals surface area contributed by atoms with Crippen molar-refractivity contribution in [2.45, 2.75) is 45.7 Å². The molecule has 0 spiro atoms. The van der Waals surface area contributed by atoms with Gasteiger partial charge in [-0.1, -0.05) is 13.8 Å². The summed E-state index contributed by atoms with van der Waals surface area (Å²) in [7, 11) is 1.23. The highest BCUT2D eigenvalue weighted by atomic mass is 16.5. The van der Waals surface area contributed by atoms with Crippen molar-refractivity contribution < 1.29 is 38.2 Å². The first-order valence-electron chi connectivity index (χ1n) is 12.5. The van der Waals surface area contributed by atoms with E-state index in [1.54, 1.807) is 13.8 Å². The van der Waals surface area contributed by atoms with Gasteiger partial charge in [0.05, 0.1) is 20.3 Å². The molecule has 14 heteroatoms. The van der Waals surface area contributed by atoms with E-state index in [4.69, 9.17) is 25.7 Å². The molecular formula is C25H40N6O8. The van der Waals surface area contributed by atoms with E-state index in [1.165, 1.54) is 32.2 Å². The van der Waals surface area contributed by atoms with Gasteiger partial charge in [-0.25, -0.2) is 9.59 Å². The molecule has 0 saturated heterocycles. The number of urea groups is 1. The molecule has 0 aliphatic carbocycles. The summed E-state index contributed by atoms with van der Waals surface area (Å²) < 4.78 is 15.7. The predicted molar refractivity (Wildman–Crippen MR) is 143 cm³/mol. The van der Waals surface area contributed by atoms with Gasteiger partial charge in [0.25, 0.3) is 0 Å². The molecular weight excluding hydrogens is 512 g/mol. The first-order valence-corrected chi connectivity index (χ1v) is 12.5. The Bertz CT molecular complexity index is 987. The Balaban J connectivity index is 3.09. The Hall–Kier alpha value is -3.91. The third-order valence-corrected chi connectivity index (χ3v) is 5.31. The lowest BCUT2D eigenvalue weighted by molar-refractivity contribution is -0.131. The number of esters is 1. The average Bonchev–Trinajstić information content (AvgIpc) is 2.88. The van der Waals surface area contributed by atoms with Crippen LogP contribution in [0.5, 0.6) is 5.75 Å². The number of carbonyl (C=O) groups is 5. The summed E-state index contributed by atoms with van der Waals surface area (Å²) in [5, 5.41) is 10.4. The van der Waals surface area contributed by atoms with E-state index in [0.717, 1.165) is 0 Å². The second-order valence-electron chi connectivity index (χ2n) is 8.86. The molecule has 0 radical (unpaired) electrons. The molecule has 0 heterocycles. The summed E-state index contributed by atoms with van der Waals surface area (Å²) in [6.07, 6.45) is 0.483. The maximum atomic E-state index is 13.2. The molecule has 0 saturated carbocycles. The van der Waals surface area contributed by atoms with E-state index >= 15 is 0 Å². The Morgan fingerprint density at radius 2 is 1.72 bits per heavy atom. The Morgan fingerprint density at radius 1 is 1.00 bits per heavy atom. The molecule has 39 heavy (non-hydrogen) atoms. The zero-order chi connectivity index (χ0) is 29.4. The number of methoxy groups -OCH3 is 1. The Kier molecular flexibility index (Phi) is 14.9. The largest absolute Gasteiger partial charge is 0.490 e. The molecule has 0 fully saturated rings. The maximum Gasteiger partial charge on any atom is 0.341 e. The fraction of sp³-hybridized carbons (Fsp3) is 0.560. The van der Waals surface area contributed by atoms with Crippen LogP contribution in [0.1, 0.15) is 44.0 Å². The summed E-state index contributed by atoms with van der Waals surface area (Å²) in [6.45, 7) is 6.06. The normalized spacial score (nSPS) is 12.2. The van der Waals surface area contributed by atoms with Gasteiger partial charge in [-0.05, 0) is 30.9 Å². The molecule has 0 aromatic heterocycles. The van der Waals surface area contributed by atoms with Gasteiger partial charge in [-0.15, -0.1) is 0 Å². The molecule has 0 aliphatic heterocycles. The smallest absolute Gasteiger partial charge is 0.341 e. The number of amides is 5. The van der Waals surface area contributed by atoms with Gasteiger partial charge >= 0.3 is 12.0 Å². The van der Waals surface area contributed by atoms with E-state index in [-0.39, 0.29) is 49.3 Å². The molecule has 1 aromatic rings.